The van der Waals surface area contributed by atoms with Gasteiger partial charge in [-0.05, 0) is 25.8 Å². The van der Waals surface area contributed by atoms with Crippen molar-refractivity contribution in [3.05, 3.63) is 6.07 Å². The molecule has 1 aromatic rings. The quantitative estimate of drug-likeness (QED) is 0.860. The predicted octanol–water partition coefficient (Wildman–Crippen LogP) is 1.40. The Kier molecular flexibility index (Phi) is 4.47. The van der Waals surface area contributed by atoms with Gasteiger partial charge in [-0.3, -0.25) is 0 Å². The van der Waals surface area contributed by atoms with Crippen LogP contribution >= 0.6 is 0 Å². The zero-order valence-corrected chi connectivity index (χ0v) is 11.6. The van der Waals surface area contributed by atoms with Crippen LogP contribution in [0.25, 0.3) is 0 Å². The standard InChI is InChI=1S/C13H24N4O/c1-4-7-14-11-5-8-17(9-6-11)12-10-13(18-3)16(2)15-12/h10-11,14H,4-9H2,1-3H3. The van der Waals surface area contributed by atoms with Gasteiger partial charge in [0.1, 0.15) is 0 Å². The van der Waals surface area contributed by atoms with Gasteiger partial charge in [0.05, 0.1) is 7.11 Å². The fourth-order valence-corrected chi connectivity index (χ4v) is 2.44. The van der Waals surface area contributed by atoms with Crippen LogP contribution in [0.5, 0.6) is 5.88 Å². The number of nitrogens with zero attached hydrogens (tertiary/aromatic N) is 3. The highest BCUT2D eigenvalue weighted by molar-refractivity contribution is 5.42. The van der Waals surface area contributed by atoms with E-state index in [1.165, 1.54) is 19.3 Å². The molecule has 1 saturated heterocycles. The third-order valence-electron chi connectivity index (χ3n) is 3.54. The van der Waals surface area contributed by atoms with Crippen LogP contribution in [0.2, 0.25) is 0 Å². The third-order valence-corrected chi connectivity index (χ3v) is 3.54. The Morgan fingerprint density at radius 2 is 2.17 bits per heavy atom. The Balaban J connectivity index is 1.88. The summed E-state index contributed by atoms with van der Waals surface area (Å²) in [6.07, 6.45) is 3.59. The second-order valence-electron chi connectivity index (χ2n) is 4.88. The van der Waals surface area contributed by atoms with Crippen molar-refractivity contribution in [2.45, 2.75) is 32.2 Å². The summed E-state index contributed by atoms with van der Waals surface area (Å²) >= 11 is 0. The summed E-state index contributed by atoms with van der Waals surface area (Å²) < 4.78 is 7.04. The summed E-state index contributed by atoms with van der Waals surface area (Å²) in [5, 5.41) is 8.08. The highest BCUT2D eigenvalue weighted by atomic mass is 16.5. The summed E-state index contributed by atoms with van der Waals surface area (Å²) in [6.45, 7) is 5.48. The minimum atomic E-state index is 0.673. The first-order chi connectivity index (χ1) is 8.74. The van der Waals surface area contributed by atoms with E-state index in [0.29, 0.717) is 6.04 Å². The summed E-state index contributed by atoms with van der Waals surface area (Å²) in [4.78, 5) is 2.34. The van der Waals surface area contributed by atoms with Crippen LogP contribution in [0.1, 0.15) is 26.2 Å². The molecule has 0 bridgehead atoms. The number of ether oxygens (including phenoxy) is 1. The number of rotatable bonds is 5. The zero-order valence-electron chi connectivity index (χ0n) is 11.6. The van der Waals surface area contributed by atoms with Crippen LogP contribution in [0.15, 0.2) is 6.07 Å². The largest absolute Gasteiger partial charge is 0.481 e. The fraction of sp³-hybridized carbons (Fsp3) is 0.769. The van der Waals surface area contributed by atoms with Crippen molar-refractivity contribution in [1.82, 2.24) is 15.1 Å². The lowest BCUT2D eigenvalue weighted by molar-refractivity contribution is 0.373. The van der Waals surface area contributed by atoms with Crippen LogP contribution in [-0.4, -0.2) is 42.6 Å². The minimum absolute atomic E-state index is 0.673. The van der Waals surface area contributed by atoms with Gasteiger partial charge in [-0.15, -0.1) is 0 Å². The molecule has 1 N–H and O–H groups in total. The summed E-state index contributed by atoms with van der Waals surface area (Å²) in [6, 6.07) is 2.69. The number of nitrogens with one attached hydrogen (secondary N) is 1. The van der Waals surface area contributed by atoms with E-state index in [2.05, 4.69) is 22.2 Å². The Hall–Kier alpha value is -1.23. The van der Waals surface area contributed by atoms with Crippen LogP contribution in [0.3, 0.4) is 0 Å². The molecule has 1 fully saturated rings. The van der Waals surface area contributed by atoms with E-state index in [4.69, 9.17) is 4.74 Å². The minimum Gasteiger partial charge on any atom is -0.481 e. The van der Waals surface area contributed by atoms with Crippen LogP contribution in [0.4, 0.5) is 5.82 Å². The molecule has 102 valence electrons. The van der Waals surface area contributed by atoms with E-state index in [-0.39, 0.29) is 0 Å². The highest BCUT2D eigenvalue weighted by Crippen LogP contribution is 2.22. The molecule has 2 rings (SSSR count). The van der Waals surface area contributed by atoms with Crippen molar-refractivity contribution in [2.24, 2.45) is 7.05 Å². The number of methoxy groups -OCH3 is 1. The normalized spacial score (nSPS) is 17.2. The molecular formula is C13H24N4O. The van der Waals surface area contributed by atoms with E-state index in [1.54, 1.807) is 11.8 Å². The van der Waals surface area contributed by atoms with E-state index in [1.807, 2.05) is 13.1 Å². The molecule has 5 nitrogen and oxygen atoms in total. The lowest BCUT2D eigenvalue weighted by atomic mass is 10.1. The van der Waals surface area contributed by atoms with Gasteiger partial charge < -0.3 is 15.0 Å². The van der Waals surface area contributed by atoms with Gasteiger partial charge in [-0.25, -0.2) is 4.68 Å². The molecule has 2 heterocycles. The molecular weight excluding hydrogens is 228 g/mol. The average molecular weight is 252 g/mol. The fourth-order valence-electron chi connectivity index (χ4n) is 2.44. The van der Waals surface area contributed by atoms with Gasteiger partial charge in [-0.2, -0.15) is 5.10 Å². The molecule has 1 aliphatic heterocycles. The Morgan fingerprint density at radius 3 is 2.72 bits per heavy atom. The molecule has 0 aliphatic carbocycles. The highest BCUT2D eigenvalue weighted by Gasteiger charge is 2.21. The van der Waals surface area contributed by atoms with Crippen molar-refractivity contribution in [1.29, 1.82) is 0 Å². The number of aryl methyl sites for hydroxylation is 1. The van der Waals surface area contributed by atoms with Crippen LogP contribution < -0.4 is 15.0 Å². The molecule has 0 saturated carbocycles. The molecule has 0 atom stereocenters. The van der Waals surface area contributed by atoms with Gasteiger partial charge in [0.2, 0.25) is 5.88 Å². The number of aromatic nitrogens is 2. The monoisotopic (exact) mass is 252 g/mol. The summed E-state index contributed by atoms with van der Waals surface area (Å²) in [5.74, 6) is 1.85. The van der Waals surface area contributed by atoms with E-state index in [9.17, 15) is 0 Å². The molecule has 0 aromatic carbocycles. The van der Waals surface area contributed by atoms with E-state index in [0.717, 1.165) is 31.3 Å². The number of hydrogen-bond acceptors (Lipinski definition) is 4. The topological polar surface area (TPSA) is 42.3 Å². The first kappa shape index (κ1) is 13.2. The van der Waals surface area contributed by atoms with E-state index >= 15 is 0 Å². The Labute approximate surface area is 109 Å². The van der Waals surface area contributed by atoms with Crippen LogP contribution in [0, 0.1) is 0 Å². The molecule has 1 aliphatic rings. The Bertz CT molecular complexity index is 369. The summed E-state index contributed by atoms with van der Waals surface area (Å²) in [5.41, 5.74) is 0. The first-order valence-corrected chi connectivity index (χ1v) is 6.81. The molecule has 1 aromatic heterocycles. The Morgan fingerprint density at radius 1 is 1.44 bits per heavy atom. The smallest absolute Gasteiger partial charge is 0.213 e. The van der Waals surface area contributed by atoms with Crippen molar-refractivity contribution in [3.63, 3.8) is 0 Å². The van der Waals surface area contributed by atoms with Crippen LogP contribution in [-0.2, 0) is 7.05 Å². The van der Waals surface area contributed by atoms with Gasteiger partial charge in [0, 0.05) is 32.2 Å². The molecule has 0 unspecified atom stereocenters. The SMILES string of the molecule is CCCNC1CCN(c2cc(OC)n(C)n2)CC1. The van der Waals surface area contributed by atoms with Gasteiger partial charge in [0.15, 0.2) is 5.82 Å². The van der Waals surface area contributed by atoms with Crippen molar-refractivity contribution >= 4 is 5.82 Å². The first-order valence-electron chi connectivity index (χ1n) is 6.81. The number of anilines is 1. The molecule has 5 heteroatoms. The number of piperidine rings is 1. The maximum Gasteiger partial charge on any atom is 0.213 e. The average Bonchev–Trinajstić information content (AvgIpc) is 2.78. The summed E-state index contributed by atoms with van der Waals surface area (Å²) in [7, 11) is 3.60. The van der Waals surface area contributed by atoms with E-state index < -0.39 is 0 Å². The third kappa shape index (κ3) is 2.96. The molecule has 18 heavy (non-hydrogen) atoms. The second-order valence-corrected chi connectivity index (χ2v) is 4.88. The molecule has 0 radical (unpaired) electrons. The van der Waals surface area contributed by atoms with Gasteiger partial charge in [0.25, 0.3) is 0 Å². The lowest BCUT2D eigenvalue weighted by Gasteiger charge is -2.32. The lowest BCUT2D eigenvalue weighted by Crippen LogP contribution is -2.42. The van der Waals surface area contributed by atoms with Crippen molar-refractivity contribution in [2.75, 3.05) is 31.6 Å². The second kappa shape index (κ2) is 6.09. The van der Waals surface area contributed by atoms with Crippen molar-refractivity contribution < 1.29 is 4.74 Å². The maximum absolute atomic E-state index is 5.25. The van der Waals surface area contributed by atoms with Gasteiger partial charge >= 0.3 is 0 Å². The molecule has 0 spiro atoms. The predicted molar refractivity (Wildman–Crippen MR) is 73.3 cm³/mol. The van der Waals surface area contributed by atoms with Gasteiger partial charge in [-0.1, -0.05) is 6.92 Å². The maximum atomic E-state index is 5.25. The van der Waals surface area contributed by atoms with Crippen molar-refractivity contribution in [3.8, 4) is 5.88 Å². The molecule has 0 amide bonds. The zero-order chi connectivity index (χ0) is 13.0. The number of hydrogen-bond donors (Lipinski definition) is 1.